The van der Waals surface area contributed by atoms with Crippen LogP contribution < -0.4 is 5.32 Å². The molecule has 26 heavy (non-hydrogen) atoms. The van der Waals surface area contributed by atoms with Crippen molar-refractivity contribution in [3.05, 3.63) is 61.4 Å². The lowest BCUT2D eigenvalue weighted by molar-refractivity contribution is 0.101. The average Bonchev–Trinajstić information content (AvgIpc) is 3.12. The van der Waals surface area contributed by atoms with Gasteiger partial charge in [0, 0.05) is 22.8 Å². The van der Waals surface area contributed by atoms with E-state index >= 15 is 0 Å². The molecule has 0 saturated carbocycles. The van der Waals surface area contributed by atoms with E-state index in [0.717, 1.165) is 5.56 Å². The molecule has 0 atom stereocenters. The first-order valence-corrected chi connectivity index (χ1v) is 9.51. The third-order valence-electron chi connectivity index (χ3n) is 3.61. The Balaban J connectivity index is 1.80. The number of benzene rings is 1. The summed E-state index contributed by atoms with van der Waals surface area (Å²) in [5.41, 5.74) is 1.23. The highest BCUT2D eigenvalue weighted by Crippen LogP contribution is 2.25. The lowest BCUT2D eigenvalue weighted by atomic mass is 10.2. The highest BCUT2D eigenvalue weighted by atomic mass is 79.9. The Hall–Kier alpha value is -1.54. The zero-order valence-corrected chi connectivity index (χ0v) is 17.4. The van der Waals surface area contributed by atoms with Crippen LogP contribution in [-0.4, -0.2) is 25.5 Å². The normalized spacial score (nSPS) is 11.0. The van der Waals surface area contributed by atoms with E-state index in [-0.39, 0.29) is 11.7 Å². The lowest BCUT2D eigenvalue weighted by Gasteiger charge is -2.06. The Bertz CT molecular complexity index is 969. The number of halogens is 4. The maximum Gasteiger partial charge on any atom is 0.276 e. The molecule has 6 nitrogen and oxygen atoms in total. The number of aryl methyl sites for hydroxylation is 1. The Kier molecular flexibility index (Phi) is 5.92. The molecule has 0 aliphatic heterocycles. The van der Waals surface area contributed by atoms with E-state index in [9.17, 15) is 4.79 Å². The zero-order chi connectivity index (χ0) is 18.8. The number of hydrogen-bond donors (Lipinski definition) is 1. The molecule has 0 aliphatic carbocycles. The molecule has 0 fully saturated rings. The van der Waals surface area contributed by atoms with Gasteiger partial charge in [0.25, 0.3) is 5.91 Å². The van der Waals surface area contributed by atoms with Crippen LogP contribution in [0.2, 0.25) is 15.1 Å². The molecule has 1 amide bonds. The van der Waals surface area contributed by atoms with Gasteiger partial charge in [-0.05, 0) is 40.5 Å². The Morgan fingerprint density at radius 1 is 1.27 bits per heavy atom. The van der Waals surface area contributed by atoms with E-state index in [0.29, 0.717) is 38.3 Å². The molecule has 0 spiro atoms. The number of nitrogens with zero attached hydrogens (tertiary/aromatic N) is 4. The van der Waals surface area contributed by atoms with Crippen molar-refractivity contribution in [3.8, 4) is 0 Å². The summed E-state index contributed by atoms with van der Waals surface area (Å²) in [4.78, 5) is 12.5. The van der Waals surface area contributed by atoms with E-state index in [1.807, 2.05) is 13.0 Å². The average molecular weight is 478 g/mol. The molecule has 0 radical (unpaired) electrons. The Morgan fingerprint density at radius 3 is 2.73 bits per heavy atom. The predicted molar refractivity (Wildman–Crippen MR) is 106 cm³/mol. The SMILES string of the molecule is CCn1ncc(Br)c1C(=O)Nc1nn(Cc2ccc(Cl)cc2Cl)cc1Cl. The number of aromatic nitrogens is 4. The van der Waals surface area contributed by atoms with Gasteiger partial charge in [-0.3, -0.25) is 14.2 Å². The molecule has 2 heterocycles. The van der Waals surface area contributed by atoms with Crippen LogP contribution in [-0.2, 0) is 13.1 Å². The number of nitrogens with one attached hydrogen (secondary N) is 1. The molecule has 0 aliphatic rings. The number of amides is 1. The van der Waals surface area contributed by atoms with Crippen LogP contribution in [0.4, 0.5) is 5.82 Å². The topological polar surface area (TPSA) is 64.7 Å². The fraction of sp³-hybridized carbons (Fsp3) is 0.188. The lowest BCUT2D eigenvalue weighted by Crippen LogP contribution is -2.18. The van der Waals surface area contributed by atoms with Crippen molar-refractivity contribution in [1.29, 1.82) is 0 Å². The van der Waals surface area contributed by atoms with Crippen molar-refractivity contribution >= 4 is 62.5 Å². The van der Waals surface area contributed by atoms with E-state index in [1.54, 1.807) is 33.9 Å². The Labute approximate surface area is 173 Å². The maximum atomic E-state index is 12.5. The second-order valence-electron chi connectivity index (χ2n) is 5.37. The fourth-order valence-corrected chi connectivity index (χ4v) is 3.52. The summed E-state index contributed by atoms with van der Waals surface area (Å²) in [6, 6.07) is 5.23. The zero-order valence-electron chi connectivity index (χ0n) is 13.5. The third kappa shape index (κ3) is 4.06. The van der Waals surface area contributed by atoms with Crippen LogP contribution in [0, 0.1) is 0 Å². The van der Waals surface area contributed by atoms with E-state index in [4.69, 9.17) is 34.8 Å². The second-order valence-corrected chi connectivity index (χ2v) is 7.48. The first-order chi connectivity index (χ1) is 12.4. The first kappa shape index (κ1) is 19.2. The van der Waals surface area contributed by atoms with Gasteiger partial charge in [0.15, 0.2) is 5.82 Å². The van der Waals surface area contributed by atoms with Gasteiger partial charge in [-0.25, -0.2) is 0 Å². The van der Waals surface area contributed by atoms with Gasteiger partial charge in [-0.2, -0.15) is 10.2 Å². The largest absolute Gasteiger partial charge is 0.302 e. The number of carbonyl (C=O) groups is 1. The van der Waals surface area contributed by atoms with Gasteiger partial charge >= 0.3 is 0 Å². The first-order valence-electron chi connectivity index (χ1n) is 7.58. The number of anilines is 1. The summed E-state index contributed by atoms with van der Waals surface area (Å²) in [7, 11) is 0. The third-order valence-corrected chi connectivity index (χ3v) is 5.05. The molecule has 3 aromatic rings. The minimum Gasteiger partial charge on any atom is -0.302 e. The minimum absolute atomic E-state index is 0.262. The smallest absolute Gasteiger partial charge is 0.276 e. The molecule has 0 saturated heterocycles. The highest BCUT2D eigenvalue weighted by Gasteiger charge is 2.19. The van der Waals surface area contributed by atoms with Gasteiger partial charge in [0.05, 0.1) is 17.2 Å². The van der Waals surface area contributed by atoms with Crippen LogP contribution in [0.3, 0.4) is 0 Å². The molecular weight excluding hydrogens is 464 g/mol. The quantitative estimate of drug-likeness (QED) is 0.555. The molecule has 3 rings (SSSR count). The highest BCUT2D eigenvalue weighted by molar-refractivity contribution is 9.10. The second kappa shape index (κ2) is 8.00. The van der Waals surface area contributed by atoms with Crippen molar-refractivity contribution in [2.45, 2.75) is 20.0 Å². The summed E-state index contributed by atoms with van der Waals surface area (Å²) < 4.78 is 3.78. The van der Waals surface area contributed by atoms with Crippen molar-refractivity contribution in [2.75, 3.05) is 5.32 Å². The number of hydrogen-bond acceptors (Lipinski definition) is 3. The summed E-state index contributed by atoms with van der Waals surface area (Å²) in [5, 5.41) is 12.6. The van der Waals surface area contributed by atoms with E-state index < -0.39 is 0 Å². The Morgan fingerprint density at radius 2 is 2.04 bits per heavy atom. The van der Waals surface area contributed by atoms with Crippen molar-refractivity contribution < 1.29 is 4.79 Å². The molecular formula is C16H13BrCl3N5O. The maximum absolute atomic E-state index is 12.5. The molecule has 1 aromatic carbocycles. The molecule has 0 bridgehead atoms. The van der Waals surface area contributed by atoms with Gasteiger partial charge in [0.1, 0.15) is 10.7 Å². The molecule has 0 unspecified atom stereocenters. The molecule has 2 aromatic heterocycles. The van der Waals surface area contributed by atoms with Crippen LogP contribution in [0.15, 0.2) is 35.1 Å². The van der Waals surface area contributed by atoms with Crippen molar-refractivity contribution in [3.63, 3.8) is 0 Å². The molecule has 10 heteroatoms. The van der Waals surface area contributed by atoms with Gasteiger partial charge in [-0.1, -0.05) is 40.9 Å². The van der Waals surface area contributed by atoms with Crippen molar-refractivity contribution in [2.24, 2.45) is 0 Å². The molecule has 136 valence electrons. The van der Waals surface area contributed by atoms with E-state index in [2.05, 4.69) is 31.4 Å². The van der Waals surface area contributed by atoms with Gasteiger partial charge < -0.3 is 5.32 Å². The summed E-state index contributed by atoms with van der Waals surface area (Å²) in [5.74, 6) is -0.0922. The standard InChI is InChI=1S/C16H13BrCl3N5O/c1-2-25-14(11(17)6-21-25)16(26)22-15-13(20)8-24(23-15)7-9-3-4-10(18)5-12(9)19/h3-6,8H,2,7H2,1H3,(H,22,23,26). The van der Waals surface area contributed by atoms with Gasteiger partial charge in [0.2, 0.25) is 0 Å². The monoisotopic (exact) mass is 475 g/mol. The van der Waals surface area contributed by atoms with Crippen LogP contribution >= 0.6 is 50.7 Å². The van der Waals surface area contributed by atoms with Crippen LogP contribution in [0.1, 0.15) is 23.0 Å². The summed E-state index contributed by atoms with van der Waals surface area (Å²) in [6.45, 7) is 2.85. The van der Waals surface area contributed by atoms with Crippen molar-refractivity contribution in [1.82, 2.24) is 19.6 Å². The predicted octanol–water partition coefficient (Wildman–Crippen LogP) is 5.12. The van der Waals surface area contributed by atoms with Crippen LogP contribution in [0.25, 0.3) is 0 Å². The summed E-state index contributed by atoms with van der Waals surface area (Å²) >= 11 is 21.6. The summed E-state index contributed by atoms with van der Waals surface area (Å²) in [6.07, 6.45) is 3.19. The number of carbonyl (C=O) groups excluding carboxylic acids is 1. The van der Waals surface area contributed by atoms with E-state index in [1.165, 1.54) is 0 Å². The van der Waals surface area contributed by atoms with Crippen LogP contribution in [0.5, 0.6) is 0 Å². The van der Waals surface area contributed by atoms with Gasteiger partial charge in [-0.15, -0.1) is 0 Å². The molecule has 1 N–H and O–H groups in total. The number of rotatable bonds is 5. The fourth-order valence-electron chi connectivity index (χ4n) is 2.38. The minimum atomic E-state index is -0.354.